The Bertz CT molecular complexity index is 359. The number of nitrogens with zero attached hydrogens (tertiary/aromatic N) is 3. The van der Waals surface area contributed by atoms with Crippen LogP contribution < -0.4 is 0 Å². The fraction of sp³-hybridized carbons (Fsp3) is 0. The van der Waals surface area contributed by atoms with E-state index in [0.29, 0.717) is 5.15 Å². The molecule has 0 aliphatic carbocycles. The van der Waals surface area contributed by atoms with Gasteiger partial charge in [-0.05, 0) is 12.1 Å². The molecule has 0 N–H and O–H groups in total. The Hall–Kier alpha value is -0.610. The van der Waals surface area contributed by atoms with Gasteiger partial charge in [0.2, 0.25) is 0 Å². The Balaban J connectivity index is 0.000000605. The molecular weight excluding hydrogens is 229 g/mol. The van der Waals surface area contributed by atoms with Crippen LogP contribution in [0, 0.1) is 0 Å². The Morgan fingerprint density at radius 3 is 3.00 bits per heavy atom. The summed E-state index contributed by atoms with van der Waals surface area (Å²) in [5, 5.41) is 4.43. The summed E-state index contributed by atoms with van der Waals surface area (Å²) in [5.41, 5.74) is 0.810. The van der Waals surface area contributed by atoms with Crippen molar-refractivity contribution in [1.82, 2.24) is 14.6 Å². The lowest BCUT2D eigenvalue weighted by molar-refractivity contribution is 0.936. The van der Waals surface area contributed by atoms with Gasteiger partial charge in [-0.2, -0.15) is 5.10 Å². The van der Waals surface area contributed by atoms with E-state index in [9.17, 15) is 0 Å². The van der Waals surface area contributed by atoms with Crippen molar-refractivity contribution in [3.8, 4) is 0 Å². The van der Waals surface area contributed by atoms with Gasteiger partial charge in [-0.15, -0.1) is 17.0 Å². The largest absolute Gasteiger partial charge is 0.236 e. The molecule has 0 saturated carbocycles. The summed E-state index contributed by atoms with van der Waals surface area (Å²) in [4.78, 5) is 4.00. The summed E-state index contributed by atoms with van der Waals surface area (Å²) in [6.07, 6.45) is 3.43. The number of fused-ring (bicyclic) bond motifs is 1. The maximum atomic E-state index is 5.62. The molecule has 2 heterocycles. The molecular formula is C6H5BrClN3. The van der Waals surface area contributed by atoms with Crippen molar-refractivity contribution in [2.45, 2.75) is 0 Å². The summed E-state index contributed by atoms with van der Waals surface area (Å²) in [6.45, 7) is 0. The number of halogens is 2. The molecule has 0 fully saturated rings. The number of rotatable bonds is 0. The zero-order chi connectivity index (χ0) is 6.97. The number of aromatic nitrogens is 3. The van der Waals surface area contributed by atoms with Crippen LogP contribution in [0.2, 0.25) is 5.15 Å². The van der Waals surface area contributed by atoms with Crippen LogP contribution in [0.4, 0.5) is 0 Å². The first-order chi connectivity index (χ1) is 4.86. The number of hydrogen-bond donors (Lipinski definition) is 0. The number of hydrogen-bond acceptors (Lipinski definition) is 2. The maximum Gasteiger partial charge on any atom is 0.153 e. The van der Waals surface area contributed by atoms with E-state index in [1.165, 1.54) is 0 Å². The SMILES string of the molecule is Br.Clc1ccc2nccn2n1. The molecule has 2 rings (SSSR count). The summed E-state index contributed by atoms with van der Waals surface area (Å²) < 4.78 is 1.63. The fourth-order valence-corrected chi connectivity index (χ4v) is 0.936. The van der Waals surface area contributed by atoms with E-state index in [1.54, 1.807) is 23.0 Å². The van der Waals surface area contributed by atoms with Gasteiger partial charge in [0.05, 0.1) is 0 Å². The first-order valence-electron chi connectivity index (χ1n) is 2.82. The molecule has 2 aromatic rings. The minimum atomic E-state index is 0. The Kier molecular flexibility index (Phi) is 2.46. The molecule has 0 amide bonds. The second-order valence-electron chi connectivity index (χ2n) is 1.89. The summed E-state index contributed by atoms with van der Waals surface area (Å²) >= 11 is 5.62. The molecule has 0 aliphatic rings. The molecule has 2 aromatic heterocycles. The molecule has 0 radical (unpaired) electrons. The van der Waals surface area contributed by atoms with Gasteiger partial charge in [0.25, 0.3) is 0 Å². The highest BCUT2D eigenvalue weighted by atomic mass is 79.9. The van der Waals surface area contributed by atoms with Gasteiger partial charge in [0.1, 0.15) is 5.15 Å². The minimum absolute atomic E-state index is 0. The highest BCUT2D eigenvalue weighted by molar-refractivity contribution is 8.93. The Morgan fingerprint density at radius 1 is 1.36 bits per heavy atom. The topological polar surface area (TPSA) is 30.2 Å². The van der Waals surface area contributed by atoms with Crippen molar-refractivity contribution in [3.63, 3.8) is 0 Å². The van der Waals surface area contributed by atoms with E-state index in [0.717, 1.165) is 5.65 Å². The molecule has 0 unspecified atom stereocenters. The van der Waals surface area contributed by atoms with E-state index >= 15 is 0 Å². The third-order valence-corrected chi connectivity index (χ3v) is 1.42. The van der Waals surface area contributed by atoms with Crippen LogP contribution in [0.3, 0.4) is 0 Å². The third kappa shape index (κ3) is 1.52. The summed E-state index contributed by atoms with van der Waals surface area (Å²) in [6, 6.07) is 3.53. The second kappa shape index (κ2) is 3.19. The molecule has 0 atom stereocenters. The molecule has 5 heteroatoms. The smallest absolute Gasteiger partial charge is 0.153 e. The molecule has 0 bridgehead atoms. The first kappa shape index (κ1) is 8.49. The maximum absolute atomic E-state index is 5.62. The Labute approximate surface area is 78.8 Å². The predicted molar refractivity (Wildman–Crippen MR) is 48.3 cm³/mol. The normalized spacial score (nSPS) is 9.55. The molecule has 0 aromatic carbocycles. The van der Waals surface area contributed by atoms with Crippen LogP contribution in [0.15, 0.2) is 24.5 Å². The average Bonchev–Trinajstić information content (AvgIpc) is 2.33. The van der Waals surface area contributed by atoms with Gasteiger partial charge >= 0.3 is 0 Å². The molecule has 58 valence electrons. The van der Waals surface area contributed by atoms with Crippen molar-refractivity contribution in [2.24, 2.45) is 0 Å². The van der Waals surface area contributed by atoms with Crippen LogP contribution in [0.5, 0.6) is 0 Å². The van der Waals surface area contributed by atoms with Crippen LogP contribution in [-0.2, 0) is 0 Å². The van der Waals surface area contributed by atoms with Gasteiger partial charge < -0.3 is 0 Å². The van der Waals surface area contributed by atoms with Crippen LogP contribution in [0.25, 0.3) is 5.65 Å². The van der Waals surface area contributed by atoms with E-state index in [-0.39, 0.29) is 17.0 Å². The van der Waals surface area contributed by atoms with Crippen molar-refractivity contribution < 1.29 is 0 Å². The van der Waals surface area contributed by atoms with Gasteiger partial charge in [-0.1, -0.05) is 11.6 Å². The van der Waals surface area contributed by atoms with E-state index in [2.05, 4.69) is 10.1 Å². The van der Waals surface area contributed by atoms with Gasteiger partial charge in [0.15, 0.2) is 5.65 Å². The van der Waals surface area contributed by atoms with Crippen molar-refractivity contribution in [3.05, 3.63) is 29.7 Å². The van der Waals surface area contributed by atoms with Crippen molar-refractivity contribution in [1.29, 1.82) is 0 Å². The molecule has 3 nitrogen and oxygen atoms in total. The lowest BCUT2D eigenvalue weighted by Gasteiger charge is -1.90. The van der Waals surface area contributed by atoms with Crippen molar-refractivity contribution >= 4 is 34.2 Å². The monoisotopic (exact) mass is 233 g/mol. The fourth-order valence-electron chi connectivity index (χ4n) is 0.792. The third-order valence-electron chi connectivity index (χ3n) is 1.22. The minimum Gasteiger partial charge on any atom is -0.236 e. The van der Waals surface area contributed by atoms with Crippen LogP contribution in [0.1, 0.15) is 0 Å². The molecule has 0 spiro atoms. The highest BCUT2D eigenvalue weighted by Crippen LogP contribution is 2.04. The predicted octanol–water partition coefficient (Wildman–Crippen LogP) is 1.96. The first-order valence-corrected chi connectivity index (χ1v) is 3.20. The second-order valence-corrected chi connectivity index (χ2v) is 2.27. The number of imidazole rings is 1. The zero-order valence-corrected chi connectivity index (χ0v) is 7.91. The molecule has 11 heavy (non-hydrogen) atoms. The van der Waals surface area contributed by atoms with Gasteiger partial charge in [-0.3, -0.25) is 0 Å². The van der Waals surface area contributed by atoms with Crippen molar-refractivity contribution in [2.75, 3.05) is 0 Å². The quantitative estimate of drug-likeness (QED) is 0.697. The zero-order valence-electron chi connectivity index (χ0n) is 5.44. The van der Waals surface area contributed by atoms with E-state index < -0.39 is 0 Å². The highest BCUT2D eigenvalue weighted by Gasteiger charge is 1.92. The molecule has 0 saturated heterocycles. The summed E-state index contributed by atoms with van der Waals surface area (Å²) in [5.74, 6) is 0. The van der Waals surface area contributed by atoms with E-state index in [1.807, 2.05) is 6.07 Å². The van der Waals surface area contributed by atoms with Gasteiger partial charge in [-0.25, -0.2) is 9.50 Å². The standard InChI is InChI=1S/C6H4ClN3.BrH/c7-5-1-2-6-8-3-4-10(6)9-5;/h1-4H;1H. The van der Waals surface area contributed by atoms with Gasteiger partial charge in [0, 0.05) is 12.4 Å². The lowest BCUT2D eigenvalue weighted by Crippen LogP contribution is -1.88. The average molecular weight is 234 g/mol. The van der Waals surface area contributed by atoms with E-state index in [4.69, 9.17) is 11.6 Å². The lowest BCUT2D eigenvalue weighted by atomic mass is 10.6. The van der Waals surface area contributed by atoms with Crippen LogP contribution >= 0.6 is 28.6 Å². The molecule has 0 aliphatic heterocycles. The Morgan fingerprint density at radius 2 is 2.18 bits per heavy atom. The van der Waals surface area contributed by atoms with Crippen LogP contribution in [-0.4, -0.2) is 14.6 Å². The summed E-state index contributed by atoms with van der Waals surface area (Å²) in [7, 11) is 0.